The van der Waals surface area contributed by atoms with E-state index in [9.17, 15) is 9.59 Å². The number of anilines is 1. The van der Waals surface area contributed by atoms with Gasteiger partial charge in [0.1, 0.15) is 41.8 Å². The van der Waals surface area contributed by atoms with Gasteiger partial charge in [0.05, 0.1) is 11.6 Å². The largest absolute Gasteiger partial charge is 0.514 e. The summed E-state index contributed by atoms with van der Waals surface area (Å²) < 4.78 is 30.0. The lowest BCUT2D eigenvalue weighted by Crippen LogP contribution is -2.62. The molecule has 0 bridgehead atoms. The molecule has 8 rings (SSSR count). The molecule has 3 aliphatic carbocycles. The molecule has 4 atom stereocenters. The Hall–Kier alpha value is -6.01. The van der Waals surface area contributed by atoms with Crippen molar-refractivity contribution in [1.82, 2.24) is 10.1 Å². The summed E-state index contributed by atoms with van der Waals surface area (Å²) in [5.41, 5.74) is 1.30. The number of fused-ring (bicyclic) bond motifs is 4. The van der Waals surface area contributed by atoms with Gasteiger partial charge in [0, 0.05) is 46.6 Å². The molecule has 4 aromatic rings. The first-order valence-electron chi connectivity index (χ1n) is 19.1. The number of nitrogens with zero attached hydrogens (tertiary/aromatic N) is 3. The highest BCUT2D eigenvalue weighted by Crippen LogP contribution is 2.65. The van der Waals surface area contributed by atoms with Crippen molar-refractivity contribution in [3.05, 3.63) is 119 Å². The maximum absolute atomic E-state index is 15.5. The molecule has 3 aromatic carbocycles. The fourth-order valence-electron chi connectivity index (χ4n) is 9.23. The van der Waals surface area contributed by atoms with Gasteiger partial charge in [-0.2, -0.15) is 0 Å². The van der Waals surface area contributed by atoms with E-state index >= 15 is 9.59 Å². The Balaban J connectivity index is 1.33. The second kappa shape index (κ2) is 14.2. The molecule has 1 fully saturated rings. The maximum Gasteiger partial charge on any atom is 0.514 e. The number of carbonyl (C=O) groups is 4. The van der Waals surface area contributed by atoms with E-state index in [0.717, 1.165) is 11.3 Å². The predicted octanol–water partition coefficient (Wildman–Crippen LogP) is 7.86. The Kier molecular flexibility index (Phi) is 9.43. The third kappa shape index (κ3) is 6.05. The predicted molar refractivity (Wildman–Crippen MR) is 212 cm³/mol. The monoisotopic (exact) mass is 771 g/mol. The minimum absolute atomic E-state index is 0.0232. The number of benzene rings is 3. The minimum atomic E-state index is -1.19. The topological polar surface area (TPSA) is 138 Å². The summed E-state index contributed by atoms with van der Waals surface area (Å²) in [5.74, 6) is -0.576. The van der Waals surface area contributed by atoms with Crippen LogP contribution in [0.1, 0.15) is 81.2 Å². The van der Waals surface area contributed by atoms with Crippen LogP contribution in [-0.2, 0) is 22.5 Å². The Bertz CT molecular complexity index is 2380. The molecule has 12 nitrogen and oxygen atoms in total. The zero-order valence-electron chi connectivity index (χ0n) is 32.8. The van der Waals surface area contributed by atoms with E-state index in [4.69, 9.17) is 23.5 Å². The first-order chi connectivity index (χ1) is 27.3. The van der Waals surface area contributed by atoms with Crippen molar-refractivity contribution in [2.45, 2.75) is 51.9 Å². The fraction of sp³-hybridized carbons (Fsp3) is 0.356. The molecule has 0 amide bonds. The third-order valence-electron chi connectivity index (χ3n) is 11.4. The van der Waals surface area contributed by atoms with Crippen molar-refractivity contribution in [2.24, 2.45) is 17.3 Å². The second-order valence-corrected chi connectivity index (χ2v) is 16.3. The molecule has 1 aliphatic heterocycles. The number of rotatable bonds is 11. The van der Waals surface area contributed by atoms with Crippen molar-refractivity contribution >= 4 is 40.5 Å². The van der Waals surface area contributed by atoms with E-state index in [0.29, 0.717) is 71.2 Å². The molecule has 1 saturated heterocycles. The number of carbonyl (C=O) groups excluding carboxylic acids is 4. The zero-order valence-corrected chi connectivity index (χ0v) is 32.8. The molecule has 2 heterocycles. The third-order valence-corrected chi connectivity index (χ3v) is 11.4. The van der Waals surface area contributed by atoms with Gasteiger partial charge in [-0.3, -0.25) is 19.3 Å². The summed E-state index contributed by atoms with van der Waals surface area (Å²) in [5, 5.41) is 5.32. The van der Waals surface area contributed by atoms with Gasteiger partial charge in [0.2, 0.25) is 0 Å². The van der Waals surface area contributed by atoms with Crippen LogP contribution in [0.25, 0.3) is 10.8 Å². The summed E-state index contributed by atoms with van der Waals surface area (Å²) >= 11 is 0. The molecule has 0 N–H and O–H groups in total. The summed E-state index contributed by atoms with van der Waals surface area (Å²) in [6.45, 7) is 14.2. The molecule has 0 unspecified atom stereocenters. The molecular formula is C45H45N3O9. The Morgan fingerprint density at radius 3 is 2.40 bits per heavy atom. The molecule has 4 aliphatic rings. The molecule has 12 heteroatoms. The zero-order chi connectivity index (χ0) is 40.4. The normalized spacial score (nSPS) is 21.9. The number of hydrogen-bond donors (Lipinski definition) is 0. The standard InChI is InChI=1S/C45H45N3O9/c1-8-17-48(18-9-2)35-28-16-15-26(22-49)19-29(28)38(55-43(52)56-44(3,4)5)33-30(35)20-27-21-31-36(47(6)7)39-34(40(51)45(31)24-54-41(45)32(27)37(33)50)42(46-57-39)53-23-25-13-11-10-12-14-25/h8-16,19,22,27,31,36H,1-2,17-18,20-21,23-24H2,3-7H3/t27-,31-,36-,45-/m0/s1. The first-order valence-corrected chi connectivity index (χ1v) is 19.1. The SMILES string of the molecule is C=CCN(CC=C)c1c2c(c(OC(=O)OC(C)(C)C)c3cc(C=O)ccc13)C(=O)C1=C3OC[C@]34C(=O)c3c(OCc5ccccc5)noc3[C@@H](N(C)C)[C@@H]4C[C@@H]1C2. The second-order valence-electron chi connectivity index (χ2n) is 16.3. The van der Waals surface area contributed by atoms with Crippen LogP contribution < -0.4 is 14.4 Å². The Morgan fingerprint density at radius 2 is 1.77 bits per heavy atom. The van der Waals surface area contributed by atoms with E-state index in [1.807, 2.05) is 49.3 Å². The number of Topliss-reactive ketones (excluding diaryl/α,β-unsaturated/α-hetero) is 2. The highest BCUT2D eigenvalue weighted by Gasteiger charge is 2.69. The number of aromatic nitrogens is 1. The van der Waals surface area contributed by atoms with Crippen molar-refractivity contribution in [1.29, 1.82) is 0 Å². The van der Waals surface area contributed by atoms with Crippen LogP contribution in [0, 0.1) is 17.3 Å². The lowest BCUT2D eigenvalue weighted by atomic mass is 9.51. The fourth-order valence-corrected chi connectivity index (χ4v) is 9.23. The van der Waals surface area contributed by atoms with Crippen molar-refractivity contribution in [3.8, 4) is 11.6 Å². The van der Waals surface area contributed by atoms with E-state index in [1.54, 1.807) is 51.1 Å². The van der Waals surface area contributed by atoms with Gasteiger partial charge in [-0.15, -0.1) is 13.2 Å². The molecule has 0 radical (unpaired) electrons. The van der Waals surface area contributed by atoms with Crippen LogP contribution in [0.2, 0.25) is 0 Å². The number of allylic oxidation sites excluding steroid dienone is 1. The number of hydrogen-bond acceptors (Lipinski definition) is 12. The smallest absolute Gasteiger partial charge is 0.495 e. The lowest BCUT2D eigenvalue weighted by Gasteiger charge is -2.57. The maximum atomic E-state index is 15.5. The van der Waals surface area contributed by atoms with Gasteiger partial charge in [0.15, 0.2) is 23.1 Å². The van der Waals surface area contributed by atoms with Gasteiger partial charge in [0.25, 0.3) is 5.88 Å². The summed E-state index contributed by atoms with van der Waals surface area (Å²) in [7, 11) is 3.87. The van der Waals surface area contributed by atoms with Gasteiger partial charge >= 0.3 is 6.16 Å². The van der Waals surface area contributed by atoms with Gasteiger partial charge < -0.3 is 28.4 Å². The van der Waals surface area contributed by atoms with E-state index < -0.39 is 29.0 Å². The van der Waals surface area contributed by atoms with Crippen molar-refractivity contribution < 1.29 is 42.6 Å². The van der Waals surface area contributed by atoms with Crippen LogP contribution in [0.3, 0.4) is 0 Å². The van der Waals surface area contributed by atoms with Crippen LogP contribution >= 0.6 is 0 Å². The number of aldehydes is 1. The summed E-state index contributed by atoms with van der Waals surface area (Å²) in [6, 6.07) is 14.3. The van der Waals surface area contributed by atoms with Crippen molar-refractivity contribution in [2.75, 3.05) is 38.7 Å². The quantitative estimate of drug-likeness (QED) is 0.0635. The lowest BCUT2D eigenvalue weighted by molar-refractivity contribution is -0.0963. The van der Waals surface area contributed by atoms with E-state index in [-0.39, 0.29) is 53.6 Å². The van der Waals surface area contributed by atoms with Crippen LogP contribution in [-0.4, -0.2) is 73.5 Å². The molecule has 294 valence electrons. The van der Waals surface area contributed by atoms with Crippen LogP contribution in [0.15, 0.2) is 89.7 Å². The number of ether oxygens (including phenoxy) is 4. The van der Waals surface area contributed by atoms with Gasteiger partial charge in [-0.05, 0) is 76.0 Å². The highest BCUT2D eigenvalue weighted by molar-refractivity contribution is 6.21. The van der Waals surface area contributed by atoms with E-state index in [2.05, 4.69) is 23.2 Å². The molecular weight excluding hydrogens is 727 g/mol. The summed E-state index contributed by atoms with van der Waals surface area (Å²) in [4.78, 5) is 60.2. The molecule has 0 saturated carbocycles. The highest BCUT2D eigenvalue weighted by atomic mass is 16.7. The molecule has 57 heavy (non-hydrogen) atoms. The van der Waals surface area contributed by atoms with Crippen LogP contribution in [0.5, 0.6) is 11.6 Å². The number of ketones is 2. The van der Waals surface area contributed by atoms with E-state index in [1.165, 1.54) is 0 Å². The Labute approximate surface area is 330 Å². The average molecular weight is 772 g/mol. The first kappa shape index (κ1) is 37.9. The van der Waals surface area contributed by atoms with Gasteiger partial charge in [-0.25, -0.2) is 4.79 Å². The van der Waals surface area contributed by atoms with Crippen molar-refractivity contribution in [3.63, 3.8) is 0 Å². The molecule has 1 spiro atoms. The molecule has 1 aromatic heterocycles. The van der Waals surface area contributed by atoms with Gasteiger partial charge in [-0.1, -0.05) is 54.6 Å². The summed E-state index contributed by atoms with van der Waals surface area (Å²) in [6.07, 6.45) is 4.04. The van der Waals surface area contributed by atoms with Crippen LogP contribution in [0.4, 0.5) is 10.5 Å². The Morgan fingerprint density at radius 1 is 1.04 bits per heavy atom. The average Bonchev–Trinajstić information content (AvgIpc) is 3.57. The minimum Gasteiger partial charge on any atom is -0.495 e.